The molecule has 2 aromatic rings. The number of sulfonamides is 1. The summed E-state index contributed by atoms with van der Waals surface area (Å²) in [6.45, 7) is 8.95. The molecule has 0 saturated heterocycles. The number of halogens is 1. The Hall–Kier alpha value is -2.39. The van der Waals surface area contributed by atoms with Gasteiger partial charge in [-0.2, -0.15) is 0 Å². The lowest BCUT2D eigenvalue weighted by molar-refractivity contribution is -0.140. The maximum atomic E-state index is 13.5. The van der Waals surface area contributed by atoms with Crippen LogP contribution in [0.1, 0.15) is 38.8 Å². The summed E-state index contributed by atoms with van der Waals surface area (Å²) in [6.07, 6.45) is 1.06. The van der Waals surface area contributed by atoms with Crippen molar-refractivity contribution in [1.29, 1.82) is 0 Å². The van der Waals surface area contributed by atoms with Crippen molar-refractivity contribution in [3.63, 3.8) is 0 Å². The van der Waals surface area contributed by atoms with Gasteiger partial charge in [-0.15, -0.1) is 0 Å². The van der Waals surface area contributed by atoms with Gasteiger partial charge in [-0.05, 0) is 58.4 Å². The van der Waals surface area contributed by atoms with Crippen molar-refractivity contribution >= 4 is 43.5 Å². The molecule has 0 aliphatic carbocycles. The largest absolute Gasteiger partial charge is 0.350 e. The normalized spacial score (nSPS) is 12.7. The molecule has 1 N–H and O–H groups in total. The van der Waals surface area contributed by atoms with Gasteiger partial charge in [0.1, 0.15) is 12.6 Å². The minimum Gasteiger partial charge on any atom is -0.350 e. The molecule has 0 aliphatic heterocycles. The smallest absolute Gasteiger partial charge is 0.244 e. The Balaban J connectivity index is 2.41. The van der Waals surface area contributed by atoms with Gasteiger partial charge in [0.25, 0.3) is 0 Å². The fourth-order valence-corrected chi connectivity index (χ4v) is 4.54. The van der Waals surface area contributed by atoms with E-state index in [9.17, 15) is 18.0 Å². The number of hydrogen-bond acceptors (Lipinski definition) is 4. The number of aryl methyl sites for hydroxylation is 1. The second-order valence-electron chi connectivity index (χ2n) is 9.18. The molecule has 1 unspecified atom stereocenters. The van der Waals surface area contributed by atoms with Gasteiger partial charge < -0.3 is 10.2 Å². The van der Waals surface area contributed by atoms with E-state index in [0.717, 1.165) is 21.7 Å². The molecular weight excluding hydrogens is 506 g/mol. The molecule has 1 atom stereocenters. The molecule has 180 valence electrons. The van der Waals surface area contributed by atoms with Crippen LogP contribution in [0.5, 0.6) is 0 Å². The minimum atomic E-state index is -3.75. The molecule has 0 aliphatic rings. The number of hydrogen-bond donors (Lipinski definition) is 1. The van der Waals surface area contributed by atoms with Crippen LogP contribution in [-0.2, 0) is 26.2 Å². The minimum absolute atomic E-state index is 0.176. The van der Waals surface area contributed by atoms with Crippen LogP contribution in [0.3, 0.4) is 0 Å². The van der Waals surface area contributed by atoms with Gasteiger partial charge in [-0.1, -0.05) is 51.8 Å². The predicted octanol–water partition coefficient (Wildman–Crippen LogP) is 3.86. The summed E-state index contributed by atoms with van der Waals surface area (Å²) in [4.78, 5) is 27.8. The highest BCUT2D eigenvalue weighted by atomic mass is 79.9. The van der Waals surface area contributed by atoms with Crippen LogP contribution in [-0.4, -0.2) is 49.5 Å². The molecule has 7 nitrogen and oxygen atoms in total. The molecule has 2 amide bonds. The van der Waals surface area contributed by atoms with E-state index < -0.39 is 34.1 Å². The summed E-state index contributed by atoms with van der Waals surface area (Å²) < 4.78 is 26.9. The van der Waals surface area contributed by atoms with Crippen molar-refractivity contribution < 1.29 is 18.0 Å². The number of nitrogens with one attached hydrogen (secondary N) is 1. The molecule has 0 spiro atoms. The molecule has 33 heavy (non-hydrogen) atoms. The van der Waals surface area contributed by atoms with Gasteiger partial charge >= 0.3 is 0 Å². The predicted molar refractivity (Wildman–Crippen MR) is 135 cm³/mol. The zero-order valence-electron chi connectivity index (χ0n) is 19.9. The average molecular weight is 539 g/mol. The lowest BCUT2D eigenvalue weighted by Gasteiger charge is -2.33. The van der Waals surface area contributed by atoms with Crippen molar-refractivity contribution in [3.8, 4) is 0 Å². The van der Waals surface area contributed by atoms with Crippen LogP contribution in [0.2, 0.25) is 0 Å². The van der Waals surface area contributed by atoms with Crippen molar-refractivity contribution in [2.24, 2.45) is 0 Å². The second-order valence-corrected chi connectivity index (χ2v) is 12.0. The Bertz CT molecular complexity index is 1110. The number of anilines is 1. The summed E-state index contributed by atoms with van der Waals surface area (Å²) in [5.41, 5.74) is 1.77. The van der Waals surface area contributed by atoms with E-state index in [4.69, 9.17) is 0 Å². The lowest BCUT2D eigenvalue weighted by Crippen LogP contribution is -2.54. The maximum Gasteiger partial charge on any atom is 0.244 e. The quantitative estimate of drug-likeness (QED) is 0.553. The summed E-state index contributed by atoms with van der Waals surface area (Å²) >= 11 is 3.34. The monoisotopic (exact) mass is 537 g/mol. The second kappa shape index (κ2) is 10.7. The summed E-state index contributed by atoms with van der Waals surface area (Å²) in [6, 6.07) is 13.6. The summed E-state index contributed by atoms with van der Waals surface area (Å²) in [5, 5.41) is 2.90. The third-order valence-corrected chi connectivity index (χ3v) is 6.51. The van der Waals surface area contributed by atoms with Crippen LogP contribution < -0.4 is 9.62 Å². The van der Waals surface area contributed by atoms with E-state index in [0.29, 0.717) is 10.2 Å². The fourth-order valence-electron chi connectivity index (χ4n) is 3.31. The van der Waals surface area contributed by atoms with Crippen LogP contribution in [0.25, 0.3) is 0 Å². The van der Waals surface area contributed by atoms with E-state index in [1.54, 1.807) is 31.2 Å². The molecule has 0 radical (unpaired) electrons. The molecule has 0 aromatic heterocycles. The van der Waals surface area contributed by atoms with Gasteiger partial charge in [-0.25, -0.2) is 8.42 Å². The van der Waals surface area contributed by atoms with E-state index in [2.05, 4.69) is 21.2 Å². The first-order valence-corrected chi connectivity index (χ1v) is 13.2. The van der Waals surface area contributed by atoms with E-state index >= 15 is 0 Å². The molecule has 0 fully saturated rings. The first kappa shape index (κ1) is 26.9. The zero-order valence-corrected chi connectivity index (χ0v) is 22.3. The topological polar surface area (TPSA) is 86.8 Å². The van der Waals surface area contributed by atoms with Crippen molar-refractivity contribution in [2.75, 3.05) is 17.1 Å². The highest BCUT2D eigenvalue weighted by Crippen LogP contribution is 2.23. The number of carbonyl (C=O) groups is 2. The van der Waals surface area contributed by atoms with Crippen molar-refractivity contribution in [3.05, 3.63) is 64.1 Å². The Labute approximate surface area is 205 Å². The third kappa shape index (κ3) is 8.16. The first-order valence-electron chi connectivity index (χ1n) is 10.6. The number of carbonyl (C=O) groups excluding carboxylic acids is 2. The molecular formula is C24H32BrN3O4S. The third-order valence-electron chi connectivity index (χ3n) is 4.88. The molecule has 0 heterocycles. The Morgan fingerprint density at radius 2 is 1.73 bits per heavy atom. The van der Waals surface area contributed by atoms with Gasteiger partial charge in [0.15, 0.2) is 0 Å². The van der Waals surface area contributed by atoms with Crippen LogP contribution in [0, 0.1) is 6.92 Å². The lowest BCUT2D eigenvalue weighted by atomic mass is 10.1. The zero-order chi connectivity index (χ0) is 25.0. The van der Waals surface area contributed by atoms with Gasteiger partial charge in [0, 0.05) is 16.6 Å². The average Bonchev–Trinajstić information content (AvgIpc) is 2.67. The Morgan fingerprint density at radius 3 is 2.27 bits per heavy atom. The standard InChI is InChI=1S/C24H32BrN3O4S/c1-17-9-7-10-19(13-17)15-27(18(2)23(30)26-24(3,4)5)22(29)16-28(33(6,31)32)21-12-8-11-20(25)14-21/h7-14,18H,15-16H2,1-6H3,(H,26,30). The highest BCUT2D eigenvalue weighted by molar-refractivity contribution is 9.10. The van der Waals surface area contributed by atoms with E-state index in [1.165, 1.54) is 4.90 Å². The van der Waals surface area contributed by atoms with Crippen LogP contribution in [0.4, 0.5) is 5.69 Å². The van der Waals surface area contributed by atoms with Gasteiger partial charge in [0.2, 0.25) is 21.8 Å². The van der Waals surface area contributed by atoms with Crippen LogP contribution in [0.15, 0.2) is 53.0 Å². The first-order chi connectivity index (χ1) is 15.2. The SMILES string of the molecule is Cc1cccc(CN(C(=O)CN(c2cccc(Br)c2)S(C)(=O)=O)C(C)C(=O)NC(C)(C)C)c1. The maximum absolute atomic E-state index is 13.5. The van der Waals surface area contributed by atoms with Crippen molar-refractivity contribution in [1.82, 2.24) is 10.2 Å². The molecule has 2 aromatic carbocycles. The molecule has 9 heteroatoms. The summed E-state index contributed by atoms with van der Waals surface area (Å²) in [5.74, 6) is -0.782. The number of amides is 2. The fraction of sp³-hybridized carbons (Fsp3) is 0.417. The Morgan fingerprint density at radius 1 is 1.09 bits per heavy atom. The molecule has 0 bridgehead atoms. The van der Waals surface area contributed by atoms with E-state index in [-0.39, 0.29) is 12.5 Å². The molecule has 0 saturated carbocycles. The Kier molecular flexibility index (Phi) is 8.70. The van der Waals surface area contributed by atoms with Gasteiger partial charge in [-0.3, -0.25) is 13.9 Å². The van der Waals surface area contributed by atoms with Crippen molar-refractivity contribution in [2.45, 2.75) is 52.7 Å². The summed E-state index contributed by atoms with van der Waals surface area (Å²) in [7, 11) is -3.75. The number of nitrogens with zero attached hydrogens (tertiary/aromatic N) is 2. The van der Waals surface area contributed by atoms with Gasteiger partial charge in [0.05, 0.1) is 11.9 Å². The number of rotatable bonds is 8. The molecule has 2 rings (SSSR count). The number of benzene rings is 2. The highest BCUT2D eigenvalue weighted by Gasteiger charge is 2.31. The van der Waals surface area contributed by atoms with E-state index in [1.807, 2.05) is 52.0 Å². The van der Waals surface area contributed by atoms with Crippen LogP contribution >= 0.6 is 15.9 Å².